The Kier molecular flexibility index (Phi) is 6.54. The first-order chi connectivity index (χ1) is 15.0. The van der Waals surface area contributed by atoms with E-state index in [0.29, 0.717) is 28.7 Å². The van der Waals surface area contributed by atoms with E-state index in [1.807, 2.05) is 0 Å². The zero-order valence-corrected chi connectivity index (χ0v) is 19.3. The summed E-state index contributed by atoms with van der Waals surface area (Å²) in [5, 5.41) is 22.2. The van der Waals surface area contributed by atoms with Gasteiger partial charge in [0.2, 0.25) is 0 Å². The minimum absolute atomic E-state index is 0.0500. The van der Waals surface area contributed by atoms with Crippen LogP contribution in [0.4, 0.5) is 17.1 Å². The fraction of sp³-hybridized carbons (Fsp3) is 0.238. The Hall–Kier alpha value is -3.02. The number of phenolic OH excluding ortho intramolecular Hbond substituents is 1. The van der Waals surface area contributed by atoms with E-state index >= 15 is 0 Å². The molecule has 0 unspecified atom stereocenters. The minimum Gasteiger partial charge on any atom is -0.507 e. The molecule has 3 rings (SSSR count). The Balaban J connectivity index is 2.15. The molecular weight excluding hydrogens is 454 g/mol. The molecule has 0 amide bonds. The van der Waals surface area contributed by atoms with Gasteiger partial charge >= 0.3 is 0 Å². The number of hydrogen-bond acceptors (Lipinski definition) is 8. The van der Waals surface area contributed by atoms with Crippen LogP contribution in [-0.2, 0) is 20.0 Å². The van der Waals surface area contributed by atoms with Gasteiger partial charge in [-0.25, -0.2) is 8.42 Å². The number of anilines is 1. The molecule has 0 heterocycles. The molecule has 0 fully saturated rings. The molecule has 0 saturated carbocycles. The van der Waals surface area contributed by atoms with E-state index in [2.05, 4.69) is 15.5 Å². The summed E-state index contributed by atoms with van der Waals surface area (Å²) in [6.07, 6.45) is 0.509. The number of fused-ring (bicyclic) bond motifs is 1. The second-order valence-electron chi connectivity index (χ2n) is 7.19. The third-order valence-electron chi connectivity index (χ3n) is 4.88. The summed E-state index contributed by atoms with van der Waals surface area (Å²) in [5.41, 5.74) is 1.77. The second-order valence-corrected chi connectivity index (χ2v) is 10.7. The highest BCUT2D eigenvalue weighted by molar-refractivity contribution is 7.91. The van der Waals surface area contributed by atoms with E-state index in [-0.39, 0.29) is 27.5 Å². The summed E-state index contributed by atoms with van der Waals surface area (Å²) >= 11 is 0. The van der Waals surface area contributed by atoms with Crippen molar-refractivity contribution in [2.45, 2.75) is 30.1 Å². The van der Waals surface area contributed by atoms with Gasteiger partial charge in [-0.1, -0.05) is 6.92 Å². The van der Waals surface area contributed by atoms with Crippen molar-refractivity contribution in [1.82, 2.24) is 0 Å². The van der Waals surface area contributed by atoms with Gasteiger partial charge < -0.3 is 10.4 Å². The number of azo groups is 1. The third-order valence-corrected chi connectivity index (χ3v) is 7.63. The average molecular weight is 478 g/mol. The van der Waals surface area contributed by atoms with Crippen molar-refractivity contribution in [3.05, 3.63) is 48.0 Å². The molecule has 11 heteroatoms. The van der Waals surface area contributed by atoms with Gasteiger partial charge in [-0.3, -0.25) is 4.55 Å². The smallest absolute Gasteiger partial charge is 0.294 e. The van der Waals surface area contributed by atoms with Gasteiger partial charge in [-0.2, -0.15) is 13.5 Å². The van der Waals surface area contributed by atoms with Gasteiger partial charge in [0.25, 0.3) is 10.1 Å². The number of phenols is 1. The zero-order valence-electron chi connectivity index (χ0n) is 17.7. The van der Waals surface area contributed by atoms with Crippen LogP contribution >= 0.6 is 0 Å². The Morgan fingerprint density at radius 2 is 1.66 bits per heavy atom. The number of aryl methyl sites for hydroxylation is 1. The SMILES string of the molecule is CCCS(=O)(=O)c1ccc(N=Nc2c(NC)ccc3c(O)cc(S(=O)(=O)O)cc23)c(C)c1. The van der Waals surface area contributed by atoms with Crippen LogP contribution in [0.15, 0.2) is 62.5 Å². The van der Waals surface area contributed by atoms with Crippen LogP contribution < -0.4 is 5.32 Å². The van der Waals surface area contributed by atoms with Crippen molar-refractivity contribution < 1.29 is 26.5 Å². The summed E-state index contributed by atoms with van der Waals surface area (Å²) in [4.78, 5) is -0.270. The molecular formula is C21H23N3O6S2. The van der Waals surface area contributed by atoms with Gasteiger partial charge in [-0.15, -0.1) is 5.11 Å². The van der Waals surface area contributed by atoms with E-state index in [4.69, 9.17) is 0 Å². The lowest BCUT2D eigenvalue weighted by Gasteiger charge is -2.11. The minimum atomic E-state index is -4.56. The maximum atomic E-state index is 12.3. The highest BCUT2D eigenvalue weighted by atomic mass is 32.2. The lowest BCUT2D eigenvalue weighted by molar-refractivity contribution is 0.471. The fourth-order valence-corrected chi connectivity index (χ4v) is 5.19. The van der Waals surface area contributed by atoms with Crippen LogP contribution in [0.25, 0.3) is 10.8 Å². The first-order valence-corrected chi connectivity index (χ1v) is 12.8. The number of hydrogen-bond donors (Lipinski definition) is 3. The average Bonchev–Trinajstić information content (AvgIpc) is 2.71. The Bertz CT molecular complexity index is 1430. The summed E-state index contributed by atoms with van der Waals surface area (Å²) in [7, 11) is -6.29. The molecule has 0 aromatic heterocycles. The van der Waals surface area contributed by atoms with Crippen molar-refractivity contribution in [2.75, 3.05) is 18.1 Å². The van der Waals surface area contributed by atoms with Crippen molar-refractivity contribution >= 4 is 47.8 Å². The van der Waals surface area contributed by atoms with Crippen molar-refractivity contribution in [3.8, 4) is 5.75 Å². The van der Waals surface area contributed by atoms with Gasteiger partial charge in [0.1, 0.15) is 11.4 Å². The van der Waals surface area contributed by atoms with Crippen LogP contribution in [0.3, 0.4) is 0 Å². The maximum absolute atomic E-state index is 12.3. The topological polar surface area (TPSA) is 145 Å². The van der Waals surface area contributed by atoms with Gasteiger partial charge in [0, 0.05) is 23.9 Å². The van der Waals surface area contributed by atoms with E-state index in [1.54, 1.807) is 39.1 Å². The Morgan fingerprint density at radius 1 is 0.938 bits per heavy atom. The van der Waals surface area contributed by atoms with Crippen LogP contribution in [0.5, 0.6) is 5.75 Å². The van der Waals surface area contributed by atoms with Crippen molar-refractivity contribution in [3.63, 3.8) is 0 Å². The van der Waals surface area contributed by atoms with Gasteiger partial charge in [-0.05, 0) is 55.3 Å². The van der Waals surface area contributed by atoms with E-state index in [0.717, 1.165) is 6.07 Å². The highest BCUT2D eigenvalue weighted by Crippen LogP contribution is 2.40. The summed E-state index contributed by atoms with van der Waals surface area (Å²) in [5.74, 6) is -0.287. The lowest BCUT2D eigenvalue weighted by Crippen LogP contribution is -2.05. The lowest BCUT2D eigenvalue weighted by atomic mass is 10.1. The summed E-state index contributed by atoms with van der Waals surface area (Å²) < 4.78 is 57.2. The molecule has 3 aromatic rings. The molecule has 9 nitrogen and oxygen atoms in total. The van der Waals surface area contributed by atoms with Crippen LogP contribution in [0, 0.1) is 6.92 Å². The predicted octanol–water partition coefficient (Wildman–Crippen LogP) is 4.74. The Labute approximate surface area is 186 Å². The van der Waals surface area contributed by atoms with Crippen LogP contribution in [-0.4, -0.2) is 39.3 Å². The molecule has 3 N–H and O–H groups in total. The van der Waals surface area contributed by atoms with Crippen LogP contribution in [0.2, 0.25) is 0 Å². The predicted molar refractivity (Wildman–Crippen MR) is 123 cm³/mol. The molecule has 3 aromatic carbocycles. The van der Waals surface area contributed by atoms with Crippen molar-refractivity contribution in [1.29, 1.82) is 0 Å². The molecule has 0 aliphatic heterocycles. The number of rotatable bonds is 7. The van der Waals surface area contributed by atoms with Gasteiger partial charge in [0.05, 0.1) is 26.9 Å². The number of benzene rings is 3. The van der Waals surface area contributed by atoms with E-state index in [1.165, 1.54) is 18.2 Å². The molecule has 0 radical (unpaired) electrons. The maximum Gasteiger partial charge on any atom is 0.294 e. The number of nitrogens with zero attached hydrogens (tertiary/aromatic N) is 2. The molecule has 0 spiro atoms. The van der Waals surface area contributed by atoms with E-state index < -0.39 is 24.9 Å². The van der Waals surface area contributed by atoms with E-state index in [9.17, 15) is 26.5 Å². The number of aromatic hydroxyl groups is 1. The second kappa shape index (κ2) is 8.85. The molecule has 0 saturated heterocycles. The first-order valence-electron chi connectivity index (χ1n) is 9.68. The highest BCUT2D eigenvalue weighted by Gasteiger charge is 2.18. The fourth-order valence-electron chi connectivity index (χ4n) is 3.26. The molecule has 0 aliphatic rings. The number of sulfone groups is 1. The normalized spacial score (nSPS) is 12.5. The zero-order chi connectivity index (χ0) is 23.7. The molecule has 0 aliphatic carbocycles. The standard InChI is InChI=1S/C21H23N3O6S2/c1-4-9-31(26,27)14-5-7-18(13(2)10-14)23-24-21-17-11-15(32(28,29)30)12-20(25)16(17)6-8-19(21)22-3/h5-8,10-12,22,25H,4,9H2,1-3H3,(H,28,29,30). The summed E-state index contributed by atoms with van der Waals surface area (Å²) in [6.45, 7) is 3.51. The molecule has 170 valence electrons. The molecule has 0 atom stereocenters. The number of nitrogens with one attached hydrogen (secondary N) is 1. The molecule has 0 bridgehead atoms. The monoisotopic (exact) mass is 477 g/mol. The first kappa shape index (κ1) is 23.6. The Morgan fingerprint density at radius 3 is 2.25 bits per heavy atom. The van der Waals surface area contributed by atoms with Crippen molar-refractivity contribution in [2.24, 2.45) is 10.2 Å². The van der Waals surface area contributed by atoms with Gasteiger partial charge in [0.15, 0.2) is 9.84 Å². The quantitative estimate of drug-likeness (QED) is 0.329. The third kappa shape index (κ3) is 4.74. The molecule has 32 heavy (non-hydrogen) atoms. The largest absolute Gasteiger partial charge is 0.507 e. The van der Waals surface area contributed by atoms with Crippen LogP contribution in [0.1, 0.15) is 18.9 Å². The summed E-state index contributed by atoms with van der Waals surface area (Å²) in [6, 6.07) is 9.94.